The maximum Gasteiger partial charge on any atom is 0.500 e. The fourth-order valence-corrected chi connectivity index (χ4v) is 3.92. The molecule has 114 valence electrons. The average molecular weight is 292 g/mol. The van der Waals surface area contributed by atoms with E-state index >= 15 is 0 Å². The molecule has 19 heavy (non-hydrogen) atoms. The Bertz CT molecular complexity index is 214. The van der Waals surface area contributed by atoms with Gasteiger partial charge in [-0.05, 0) is 27.7 Å². The lowest BCUT2D eigenvalue weighted by molar-refractivity contribution is -0.132. The van der Waals surface area contributed by atoms with E-state index in [0.717, 1.165) is 12.5 Å². The number of rotatable bonds is 9. The molecule has 0 heterocycles. The van der Waals surface area contributed by atoms with Crippen molar-refractivity contribution in [2.24, 2.45) is 0 Å². The minimum absolute atomic E-state index is 0.176. The Morgan fingerprint density at radius 1 is 1.05 bits per heavy atom. The lowest BCUT2D eigenvalue weighted by Gasteiger charge is -2.27. The summed E-state index contributed by atoms with van der Waals surface area (Å²) < 4.78 is 16.9. The Labute approximate surface area is 117 Å². The number of carboxylic acids is 1. The lowest BCUT2D eigenvalue weighted by atomic mass is 10.4. The summed E-state index contributed by atoms with van der Waals surface area (Å²) in [5.74, 6) is -0.935. The Morgan fingerprint density at radius 2 is 1.37 bits per heavy atom. The Kier molecular flexibility index (Phi) is 13.4. The van der Waals surface area contributed by atoms with Crippen LogP contribution in [0.1, 0.15) is 41.0 Å². The number of carbonyl (C=O) groups is 1. The zero-order valence-corrected chi connectivity index (χ0v) is 13.8. The van der Waals surface area contributed by atoms with E-state index in [1.54, 1.807) is 0 Å². The highest BCUT2D eigenvalue weighted by atomic mass is 28.4. The molecule has 0 atom stereocenters. The van der Waals surface area contributed by atoms with Crippen LogP contribution in [0.5, 0.6) is 0 Å². The summed E-state index contributed by atoms with van der Waals surface area (Å²) in [5.41, 5.74) is 0.176. The quantitative estimate of drug-likeness (QED) is 0.522. The van der Waals surface area contributed by atoms with Gasteiger partial charge in [0.05, 0.1) is 0 Å². The molecular formula is C13H28O5Si. The Hall–Kier alpha value is -0.693. The van der Waals surface area contributed by atoms with E-state index in [2.05, 4.69) is 13.5 Å². The molecule has 0 aromatic carbocycles. The first-order valence-corrected chi connectivity index (χ1v) is 8.62. The van der Waals surface area contributed by atoms with E-state index in [0.29, 0.717) is 19.8 Å². The minimum Gasteiger partial charge on any atom is -0.478 e. The molecule has 0 amide bonds. The first-order valence-electron chi connectivity index (χ1n) is 6.69. The summed E-state index contributed by atoms with van der Waals surface area (Å²) in [6, 6.07) is 0.919. The van der Waals surface area contributed by atoms with Crippen molar-refractivity contribution in [1.82, 2.24) is 0 Å². The Morgan fingerprint density at radius 3 is 1.53 bits per heavy atom. The van der Waals surface area contributed by atoms with Crippen molar-refractivity contribution >= 4 is 14.8 Å². The summed E-state index contributed by atoms with van der Waals surface area (Å²) in [6.45, 7) is 14.7. The number of hydrogen-bond acceptors (Lipinski definition) is 4. The van der Waals surface area contributed by atoms with Gasteiger partial charge >= 0.3 is 14.8 Å². The zero-order valence-electron chi connectivity index (χ0n) is 12.8. The van der Waals surface area contributed by atoms with Crippen molar-refractivity contribution in [3.05, 3.63) is 12.2 Å². The van der Waals surface area contributed by atoms with Crippen LogP contribution in [0.3, 0.4) is 0 Å². The average Bonchev–Trinajstić information content (AvgIpc) is 2.31. The highest BCUT2D eigenvalue weighted by Gasteiger charge is 2.38. The van der Waals surface area contributed by atoms with E-state index in [9.17, 15) is 4.79 Å². The molecule has 0 spiro atoms. The fourth-order valence-electron chi connectivity index (χ4n) is 1.31. The molecule has 1 N–H and O–H groups in total. The highest BCUT2D eigenvalue weighted by molar-refractivity contribution is 6.60. The molecule has 0 unspecified atom stereocenters. The van der Waals surface area contributed by atoms with E-state index in [1.165, 1.54) is 6.92 Å². The molecule has 0 aliphatic rings. The number of carboxylic acid groups (broad SMARTS) is 1. The molecule has 0 fully saturated rings. The van der Waals surface area contributed by atoms with E-state index in [4.69, 9.17) is 18.4 Å². The topological polar surface area (TPSA) is 65.0 Å². The molecule has 0 aromatic heterocycles. The third-order valence-electron chi connectivity index (χ3n) is 2.01. The second-order valence-electron chi connectivity index (χ2n) is 3.82. The van der Waals surface area contributed by atoms with E-state index in [1.807, 2.05) is 20.8 Å². The van der Waals surface area contributed by atoms with Gasteiger partial charge in [0.1, 0.15) is 0 Å². The molecule has 0 saturated carbocycles. The molecule has 5 nitrogen and oxygen atoms in total. The molecule has 0 bridgehead atoms. The van der Waals surface area contributed by atoms with Gasteiger partial charge in [0.25, 0.3) is 0 Å². The molecule has 0 aromatic rings. The molecule has 6 heteroatoms. The highest BCUT2D eigenvalue weighted by Crippen LogP contribution is 2.17. The SMILES string of the molecule is C=C(C)C(=O)O.CCC[Si](OCC)(OCC)OCC. The summed E-state index contributed by atoms with van der Waals surface area (Å²) in [6.07, 6.45) is 1.05. The van der Waals surface area contributed by atoms with Gasteiger partial charge in [0.2, 0.25) is 0 Å². The van der Waals surface area contributed by atoms with Crippen molar-refractivity contribution < 1.29 is 23.2 Å². The van der Waals surface area contributed by atoms with Gasteiger partial charge in [-0.2, -0.15) is 0 Å². The summed E-state index contributed by atoms with van der Waals surface area (Å²) >= 11 is 0. The third-order valence-corrected chi connectivity index (χ3v) is 5.31. The molecule has 0 aliphatic heterocycles. The second-order valence-corrected chi connectivity index (χ2v) is 6.55. The van der Waals surface area contributed by atoms with Crippen molar-refractivity contribution in [3.8, 4) is 0 Å². The lowest BCUT2D eigenvalue weighted by Crippen LogP contribution is -2.45. The van der Waals surface area contributed by atoms with Gasteiger partial charge in [-0.1, -0.05) is 19.9 Å². The van der Waals surface area contributed by atoms with Crippen molar-refractivity contribution in [2.45, 2.75) is 47.1 Å². The van der Waals surface area contributed by atoms with Crippen LogP contribution in [0.15, 0.2) is 12.2 Å². The normalized spacial score (nSPS) is 10.6. The van der Waals surface area contributed by atoms with Crippen LogP contribution in [-0.2, 0) is 18.1 Å². The molecule has 0 radical (unpaired) electrons. The van der Waals surface area contributed by atoms with Crippen LogP contribution in [0.4, 0.5) is 0 Å². The number of hydrogen-bond donors (Lipinski definition) is 1. The second kappa shape index (κ2) is 12.3. The monoisotopic (exact) mass is 292 g/mol. The van der Waals surface area contributed by atoms with Crippen LogP contribution >= 0.6 is 0 Å². The molecular weight excluding hydrogens is 264 g/mol. The standard InChI is InChI=1S/C9H22O3Si.C4H6O2/c1-5-9-13(10-6-2,11-7-3)12-8-4;1-3(2)4(5)6/h5-9H2,1-4H3;1H2,2H3,(H,5,6). The Balaban J connectivity index is 0. The van der Waals surface area contributed by atoms with Crippen LogP contribution in [0.25, 0.3) is 0 Å². The third kappa shape index (κ3) is 10.9. The summed E-state index contributed by atoms with van der Waals surface area (Å²) in [5, 5.41) is 7.89. The minimum atomic E-state index is -2.30. The van der Waals surface area contributed by atoms with Crippen LogP contribution in [-0.4, -0.2) is 39.7 Å². The summed E-state index contributed by atoms with van der Waals surface area (Å²) in [7, 11) is -2.30. The fraction of sp³-hybridized carbons (Fsp3) is 0.769. The van der Waals surface area contributed by atoms with Gasteiger partial charge in [-0.25, -0.2) is 4.79 Å². The first kappa shape index (κ1) is 20.6. The van der Waals surface area contributed by atoms with E-state index < -0.39 is 14.8 Å². The predicted octanol–water partition coefficient (Wildman–Crippen LogP) is 3.09. The summed E-state index contributed by atoms with van der Waals surface area (Å²) in [4.78, 5) is 9.60. The molecule has 0 aliphatic carbocycles. The predicted molar refractivity (Wildman–Crippen MR) is 78.2 cm³/mol. The van der Waals surface area contributed by atoms with Crippen molar-refractivity contribution in [3.63, 3.8) is 0 Å². The van der Waals surface area contributed by atoms with Crippen LogP contribution in [0, 0.1) is 0 Å². The van der Waals surface area contributed by atoms with Gasteiger partial charge in [0.15, 0.2) is 0 Å². The maximum absolute atomic E-state index is 9.60. The smallest absolute Gasteiger partial charge is 0.478 e. The molecule has 0 rings (SSSR count). The zero-order chi connectivity index (χ0) is 15.3. The van der Waals surface area contributed by atoms with E-state index in [-0.39, 0.29) is 5.57 Å². The van der Waals surface area contributed by atoms with Crippen molar-refractivity contribution in [1.29, 1.82) is 0 Å². The van der Waals surface area contributed by atoms with Gasteiger partial charge in [-0.15, -0.1) is 0 Å². The largest absolute Gasteiger partial charge is 0.500 e. The van der Waals surface area contributed by atoms with Gasteiger partial charge < -0.3 is 18.4 Å². The van der Waals surface area contributed by atoms with Crippen LogP contribution < -0.4 is 0 Å². The maximum atomic E-state index is 9.60. The number of aliphatic carboxylic acids is 1. The first-order chi connectivity index (χ1) is 8.89. The van der Waals surface area contributed by atoms with Gasteiger partial charge in [0, 0.05) is 31.4 Å². The van der Waals surface area contributed by atoms with Crippen LogP contribution in [0.2, 0.25) is 6.04 Å². The molecule has 0 saturated heterocycles. The van der Waals surface area contributed by atoms with Gasteiger partial charge in [-0.3, -0.25) is 0 Å². The van der Waals surface area contributed by atoms with Crippen molar-refractivity contribution in [2.75, 3.05) is 19.8 Å².